The van der Waals surface area contributed by atoms with Crippen LogP contribution in [0.1, 0.15) is 75.1 Å². The first-order valence-electron chi connectivity index (χ1n) is 22.6. The molecule has 300 valence electrons. The second-order valence-electron chi connectivity index (χ2n) is 19.3. The molecule has 13 rings (SSSR count). The van der Waals surface area contributed by atoms with Crippen LogP contribution in [0, 0.1) is 17.8 Å². The molecule has 0 aliphatic heterocycles. The van der Waals surface area contributed by atoms with Crippen molar-refractivity contribution in [3.63, 3.8) is 0 Å². The van der Waals surface area contributed by atoms with Crippen molar-refractivity contribution in [1.82, 2.24) is 15.0 Å². The summed E-state index contributed by atoms with van der Waals surface area (Å²) in [4.78, 5) is 15.7. The summed E-state index contributed by atoms with van der Waals surface area (Å²) >= 11 is 0. The van der Waals surface area contributed by atoms with E-state index in [1.807, 2.05) is 30.3 Å². The molecule has 0 amide bonds. The van der Waals surface area contributed by atoms with E-state index in [9.17, 15) is 0 Å². The summed E-state index contributed by atoms with van der Waals surface area (Å²) in [6.07, 6.45) is 6.42. The third kappa shape index (κ3) is 5.16. The molecule has 2 saturated carbocycles. The Morgan fingerprint density at radius 1 is 0.484 bits per heavy atom. The number of hydrogen-bond acceptors (Lipinski definition) is 4. The molecule has 4 aliphatic rings. The van der Waals surface area contributed by atoms with Gasteiger partial charge in [0.1, 0.15) is 11.2 Å². The summed E-state index contributed by atoms with van der Waals surface area (Å²) in [6.45, 7) is 7.22. The molecule has 0 radical (unpaired) electrons. The molecule has 4 nitrogen and oxygen atoms in total. The standard InChI is InChI=1S/C58H47N3O/c1-34-28-35-26-27-58(40(29-34)30-35)50-25-22-39(32-47(50)42-23-20-38(33-51(42)58)37-21-24-49-46(31-37)41-14-7-9-18-48(41)57(49,2)3)55-59-54(36-12-5-4-6-13-36)60-56(61-55)45-17-11-16-44-43-15-8-10-19-52(43)62-53(44)45/h4-25,31-35,40H,26-30H2,1-3H3. The topological polar surface area (TPSA) is 51.8 Å². The molecule has 7 aromatic carbocycles. The molecule has 0 saturated heterocycles. The molecule has 4 aliphatic carbocycles. The smallest absolute Gasteiger partial charge is 0.167 e. The van der Waals surface area contributed by atoms with Crippen molar-refractivity contribution in [2.24, 2.45) is 17.8 Å². The minimum absolute atomic E-state index is 0.00989. The van der Waals surface area contributed by atoms with Gasteiger partial charge in [-0.05, 0) is 136 Å². The highest BCUT2D eigenvalue weighted by Gasteiger charge is 2.53. The van der Waals surface area contributed by atoms with Crippen molar-refractivity contribution in [3.05, 3.63) is 174 Å². The average Bonchev–Trinajstić information content (AvgIpc) is 3.91. The normalized spacial score (nSPS) is 21.5. The maximum Gasteiger partial charge on any atom is 0.167 e. The van der Waals surface area contributed by atoms with E-state index in [-0.39, 0.29) is 10.8 Å². The highest BCUT2D eigenvalue weighted by atomic mass is 16.3. The molecule has 1 spiro atoms. The summed E-state index contributed by atoms with van der Waals surface area (Å²) in [5, 5.41) is 2.14. The van der Waals surface area contributed by atoms with Crippen LogP contribution in [0.25, 0.3) is 89.5 Å². The van der Waals surface area contributed by atoms with Crippen molar-refractivity contribution < 1.29 is 4.42 Å². The molecule has 4 unspecified atom stereocenters. The number of para-hydroxylation sites is 2. The third-order valence-corrected chi connectivity index (χ3v) is 15.5. The van der Waals surface area contributed by atoms with E-state index in [4.69, 9.17) is 19.4 Å². The second kappa shape index (κ2) is 13.2. The Kier molecular flexibility index (Phi) is 7.66. The minimum atomic E-state index is -0.0217. The SMILES string of the molecule is CC1CC2CCC3(c4ccc(-c5nc(-c6ccccc6)nc(-c6cccc7c6oc6ccccc67)n5)cc4-c4ccc(-c5ccc6c(c5)-c5ccccc5C6(C)C)cc43)C(C1)C2. The van der Waals surface area contributed by atoms with Gasteiger partial charge in [-0.2, -0.15) is 0 Å². The molecule has 4 heteroatoms. The molecule has 2 aromatic heterocycles. The van der Waals surface area contributed by atoms with Gasteiger partial charge in [-0.25, -0.2) is 15.0 Å². The lowest BCUT2D eigenvalue weighted by Gasteiger charge is -2.50. The molecule has 2 fully saturated rings. The number of fused-ring (bicyclic) bond motifs is 14. The summed E-state index contributed by atoms with van der Waals surface area (Å²) in [5.74, 6) is 4.09. The Balaban J connectivity index is 0.983. The monoisotopic (exact) mass is 801 g/mol. The van der Waals surface area contributed by atoms with Crippen LogP contribution >= 0.6 is 0 Å². The summed E-state index contributed by atoms with van der Waals surface area (Å²) in [5.41, 5.74) is 18.3. The van der Waals surface area contributed by atoms with Gasteiger partial charge >= 0.3 is 0 Å². The van der Waals surface area contributed by atoms with E-state index in [0.29, 0.717) is 23.4 Å². The van der Waals surface area contributed by atoms with Gasteiger partial charge in [-0.1, -0.05) is 142 Å². The predicted molar refractivity (Wildman–Crippen MR) is 252 cm³/mol. The fourth-order valence-electron chi connectivity index (χ4n) is 12.7. The molecule has 9 aromatic rings. The van der Waals surface area contributed by atoms with Crippen LogP contribution in [0.2, 0.25) is 0 Å². The third-order valence-electron chi connectivity index (χ3n) is 15.5. The first-order chi connectivity index (χ1) is 30.3. The van der Waals surface area contributed by atoms with Crippen LogP contribution < -0.4 is 0 Å². The first-order valence-corrected chi connectivity index (χ1v) is 22.6. The number of aromatic nitrogens is 3. The minimum Gasteiger partial charge on any atom is -0.455 e. The Morgan fingerprint density at radius 3 is 2.03 bits per heavy atom. The molecular weight excluding hydrogens is 755 g/mol. The van der Waals surface area contributed by atoms with Gasteiger partial charge in [0.2, 0.25) is 0 Å². The number of furan rings is 1. The fourth-order valence-corrected chi connectivity index (χ4v) is 12.7. The maximum absolute atomic E-state index is 6.52. The van der Waals surface area contributed by atoms with E-state index in [2.05, 4.69) is 142 Å². The van der Waals surface area contributed by atoms with Crippen molar-refractivity contribution >= 4 is 21.9 Å². The molecule has 2 heterocycles. The van der Waals surface area contributed by atoms with Gasteiger partial charge in [-0.3, -0.25) is 0 Å². The van der Waals surface area contributed by atoms with Gasteiger partial charge in [0.15, 0.2) is 17.5 Å². The fraction of sp³-hybridized carbons (Fsp3) is 0.224. The largest absolute Gasteiger partial charge is 0.455 e. The van der Waals surface area contributed by atoms with Gasteiger partial charge in [0.25, 0.3) is 0 Å². The molecular formula is C58H47N3O. The van der Waals surface area contributed by atoms with Gasteiger partial charge in [0.05, 0.1) is 5.56 Å². The van der Waals surface area contributed by atoms with Crippen LogP contribution in [0.5, 0.6) is 0 Å². The van der Waals surface area contributed by atoms with Crippen LogP contribution in [0.15, 0.2) is 156 Å². The second-order valence-corrected chi connectivity index (χ2v) is 19.3. The van der Waals surface area contributed by atoms with Gasteiger partial charge < -0.3 is 4.42 Å². The van der Waals surface area contributed by atoms with E-state index in [0.717, 1.165) is 50.5 Å². The van der Waals surface area contributed by atoms with Crippen molar-refractivity contribution in [2.45, 2.75) is 63.7 Å². The van der Waals surface area contributed by atoms with E-state index in [1.54, 1.807) is 0 Å². The maximum atomic E-state index is 6.52. The van der Waals surface area contributed by atoms with Crippen molar-refractivity contribution in [2.75, 3.05) is 0 Å². The molecule has 2 bridgehead atoms. The van der Waals surface area contributed by atoms with Crippen molar-refractivity contribution in [1.29, 1.82) is 0 Å². The summed E-state index contributed by atoms with van der Waals surface area (Å²) < 4.78 is 6.52. The predicted octanol–water partition coefficient (Wildman–Crippen LogP) is 14.9. The Bertz CT molecular complexity index is 3300. The molecule has 4 atom stereocenters. The van der Waals surface area contributed by atoms with Crippen LogP contribution in [0.3, 0.4) is 0 Å². The lowest BCUT2D eigenvalue weighted by molar-refractivity contribution is 0.0856. The quantitative estimate of drug-likeness (QED) is 0.178. The highest BCUT2D eigenvalue weighted by molar-refractivity contribution is 6.09. The lowest BCUT2D eigenvalue weighted by Crippen LogP contribution is -2.44. The zero-order chi connectivity index (χ0) is 41.3. The summed E-state index contributed by atoms with van der Waals surface area (Å²) in [6, 6.07) is 55.5. The zero-order valence-electron chi connectivity index (χ0n) is 35.5. The molecule has 0 N–H and O–H groups in total. The van der Waals surface area contributed by atoms with E-state index in [1.165, 1.54) is 87.7 Å². The van der Waals surface area contributed by atoms with Crippen LogP contribution in [-0.2, 0) is 10.8 Å². The van der Waals surface area contributed by atoms with E-state index < -0.39 is 0 Å². The Hall–Kier alpha value is -6.65. The zero-order valence-corrected chi connectivity index (χ0v) is 35.5. The van der Waals surface area contributed by atoms with Crippen LogP contribution in [0.4, 0.5) is 0 Å². The van der Waals surface area contributed by atoms with Gasteiger partial charge in [-0.15, -0.1) is 0 Å². The Morgan fingerprint density at radius 2 is 1.13 bits per heavy atom. The molecule has 62 heavy (non-hydrogen) atoms. The average molecular weight is 802 g/mol. The number of hydrogen-bond donors (Lipinski definition) is 0. The van der Waals surface area contributed by atoms with Crippen LogP contribution in [-0.4, -0.2) is 15.0 Å². The van der Waals surface area contributed by atoms with Gasteiger partial charge in [0, 0.05) is 32.7 Å². The lowest BCUT2D eigenvalue weighted by atomic mass is 9.53. The number of benzene rings is 7. The summed E-state index contributed by atoms with van der Waals surface area (Å²) in [7, 11) is 0. The van der Waals surface area contributed by atoms with E-state index >= 15 is 0 Å². The number of nitrogens with zero attached hydrogens (tertiary/aromatic N) is 3. The Labute approximate surface area is 362 Å². The number of rotatable bonds is 4. The highest BCUT2D eigenvalue weighted by Crippen LogP contribution is 2.63. The van der Waals surface area contributed by atoms with Crippen molar-refractivity contribution in [3.8, 4) is 67.5 Å². The first kappa shape index (κ1) is 36.0.